The van der Waals surface area contributed by atoms with Crippen LogP contribution in [0, 0.1) is 0 Å². The van der Waals surface area contributed by atoms with Crippen molar-refractivity contribution in [3.05, 3.63) is 54.1 Å². The fourth-order valence-electron chi connectivity index (χ4n) is 3.22. The zero-order valence-corrected chi connectivity index (χ0v) is 15.7. The lowest BCUT2D eigenvalue weighted by molar-refractivity contribution is -0.137. The van der Waals surface area contributed by atoms with Gasteiger partial charge in [-0.25, -0.2) is 8.42 Å². The molecule has 0 N–H and O–H groups in total. The van der Waals surface area contributed by atoms with Gasteiger partial charge in [0.25, 0.3) is 0 Å². The first-order valence-corrected chi connectivity index (χ1v) is 10.4. The molecule has 0 unspecified atom stereocenters. The van der Waals surface area contributed by atoms with E-state index < -0.39 is 21.6 Å². The Kier molecular flexibility index (Phi) is 5.37. The fourth-order valence-corrected chi connectivity index (χ4v) is 4.33. The highest BCUT2D eigenvalue weighted by molar-refractivity contribution is 7.91. The van der Waals surface area contributed by atoms with Crippen molar-refractivity contribution in [2.24, 2.45) is 0 Å². The topological polar surface area (TPSA) is 40.6 Å². The predicted octanol–water partition coefficient (Wildman–Crippen LogP) is 3.83. The van der Waals surface area contributed by atoms with Gasteiger partial charge in [-0.05, 0) is 30.3 Å². The normalized spacial score (nSPS) is 15.9. The van der Waals surface area contributed by atoms with E-state index in [9.17, 15) is 21.6 Å². The Labute approximate surface area is 157 Å². The third-order valence-electron chi connectivity index (χ3n) is 4.74. The minimum atomic E-state index is -4.37. The molecular formula is C19H21F3N2O2S. The van der Waals surface area contributed by atoms with Crippen LogP contribution in [0.5, 0.6) is 0 Å². The first-order chi connectivity index (χ1) is 12.7. The quantitative estimate of drug-likeness (QED) is 0.785. The first kappa shape index (κ1) is 19.5. The smallest absolute Gasteiger partial charge is 0.368 e. The number of hydrogen-bond acceptors (Lipinski definition) is 4. The van der Waals surface area contributed by atoms with E-state index in [0.717, 1.165) is 12.1 Å². The zero-order valence-electron chi connectivity index (χ0n) is 14.9. The Hall–Kier alpha value is -2.22. The van der Waals surface area contributed by atoms with E-state index in [1.54, 1.807) is 37.3 Å². The highest BCUT2D eigenvalue weighted by Gasteiger charge is 2.31. The molecule has 3 rings (SSSR count). The van der Waals surface area contributed by atoms with Crippen LogP contribution in [0.3, 0.4) is 0 Å². The Bertz CT molecular complexity index is 905. The molecule has 0 aromatic heterocycles. The van der Waals surface area contributed by atoms with Crippen molar-refractivity contribution in [3.8, 4) is 0 Å². The summed E-state index contributed by atoms with van der Waals surface area (Å²) in [7, 11) is -3.35. The van der Waals surface area contributed by atoms with Gasteiger partial charge < -0.3 is 9.80 Å². The molecule has 1 saturated heterocycles. The Morgan fingerprint density at radius 1 is 0.926 bits per heavy atom. The maximum atomic E-state index is 12.9. The molecule has 0 saturated carbocycles. The zero-order chi connectivity index (χ0) is 19.7. The number of halogens is 3. The van der Waals surface area contributed by atoms with Crippen LogP contribution in [0.2, 0.25) is 0 Å². The summed E-state index contributed by atoms with van der Waals surface area (Å²) in [5, 5.41) is 0. The summed E-state index contributed by atoms with van der Waals surface area (Å²) in [4.78, 5) is 4.18. The predicted molar refractivity (Wildman–Crippen MR) is 100 cm³/mol. The lowest BCUT2D eigenvalue weighted by Crippen LogP contribution is -2.47. The fraction of sp³-hybridized carbons (Fsp3) is 0.368. The molecule has 0 bridgehead atoms. The SMILES string of the molecule is CCS(=O)(=O)c1ccccc1N1CCN(c2cccc(C(F)(F)F)c2)CC1. The van der Waals surface area contributed by atoms with Crippen LogP contribution in [-0.4, -0.2) is 40.3 Å². The summed E-state index contributed by atoms with van der Waals surface area (Å²) in [6.45, 7) is 3.71. The maximum Gasteiger partial charge on any atom is 0.416 e. The lowest BCUT2D eigenvalue weighted by atomic mass is 10.1. The van der Waals surface area contributed by atoms with Gasteiger partial charge in [0.05, 0.1) is 21.9 Å². The second-order valence-electron chi connectivity index (χ2n) is 6.39. The molecule has 1 heterocycles. The minimum absolute atomic E-state index is 0.0220. The number of sulfone groups is 1. The van der Waals surface area contributed by atoms with E-state index in [1.807, 2.05) is 9.80 Å². The van der Waals surface area contributed by atoms with Crippen LogP contribution >= 0.6 is 0 Å². The molecule has 27 heavy (non-hydrogen) atoms. The van der Waals surface area contributed by atoms with Crippen molar-refractivity contribution in [3.63, 3.8) is 0 Å². The standard InChI is InChI=1S/C19H21F3N2O2S/c1-2-27(25,26)18-9-4-3-8-17(18)24-12-10-23(11-13-24)16-7-5-6-15(14-16)19(20,21)22/h3-9,14H,2,10-13H2,1H3. The molecule has 1 aliphatic heterocycles. The van der Waals surface area contributed by atoms with Gasteiger partial charge in [-0.15, -0.1) is 0 Å². The van der Waals surface area contributed by atoms with Gasteiger partial charge in [-0.3, -0.25) is 0 Å². The van der Waals surface area contributed by atoms with Crippen LogP contribution in [0.1, 0.15) is 12.5 Å². The summed E-state index contributed by atoms with van der Waals surface area (Å²) in [6, 6.07) is 12.2. The monoisotopic (exact) mass is 398 g/mol. The molecular weight excluding hydrogens is 377 g/mol. The molecule has 2 aromatic carbocycles. The van der Waals surface area contributed by atoms with Crippen molar-refractivity contribution in [1.29, 1.82) is 0 Å². The van der Waals surface area contributed by atoms with Crippen LogP contribution < -0.4 is 9.80 Å². The second kappa shape index (κ2) is 7.42. The van der Waals surface area contributed by atoms with Crippen LogP contribution in [0.25, 0.3) is 0 Å². The van der Waals surface area contributed by atoms with E-state index >= 15 is 0 Å². The van der Waals surface area contributed by atoms with Gasteiger partial charge in [-0.2, -0.15) is 13.2 Å². The number of alkyl halides is 3. The molecule has 0 atom stereocenters. The summed E-state index contributed by atoms with van der Waals surface area (Å²) in [5.74, 6) is 0.0220. The summed E-state index contributed by atoms with van der Waals surface area (Å²) >= 11 is 0. The Balaban J connectivity index is 1.78. The third kappa shape index (κ3) is 4.21. The number of benzene rings is 2. The van der Waals surface area contributed by atoms with Gasteiger partial charge in [0.1, 0.15) is 0 Å². The van der Waals surface area contributed by atoms with E-state index in [1.165, 1.54) is 6.07 Å². The van der Waals surface area contributed by atoms with Crippen molar-refractivity contribution < 1.29 is 21.6 Å². The summed E-state index contributed by atoms with van der Waals surface area (Å²) in [6.07, 6.45) is -4.37. The molecule has 4 nitrogen and oxygen atoms in total. The average molecular weight is 398 g/mol. The number of nitrogens with zero attached hydrogens (tertiary/aromatic N) is 2. The van der Waals surface area contributed by atoms with E-state index in [2.05, 4.69) is 0 Å². The molecule has 1 fully saturated rings. The average Bonchev–Trinajstić information content (AvgIpc) is 2.67. The van der Waals surface area contributed by atoms with E-state index in [4.69, 9.17) is 0 Å². The molecule has 0 amide bonds. The van der Waals surface area contributed by atoms with Gasteiger partial charge in [-0.1, -0.05) is 25.1 Å². The first-order valence-electron chi connectivity index (χ1n) is 8.71. The second-order valence-corrected chi connectivity index (χ2v) is 8.64. The number of anilines is 2. The van der Waals surface area contributed by atoms with Crippen molar-refractivity contribution >= 4 is 21.2 Å². The third-order valence-corrected chi connectivity index (χ3v) is 6.51. The summed E-state index contributed by atoms with van der Waals surface area (Å²) < 4.78 is 63.4. The Morgan fingerprint density at radius 2 is 1.56 bits per heavy atom. The van der Waals surface area contributed by atoms with Gasteiger partial charge in [0.2, 0.25) is 0 Å². The minimum Gasteiger partial charge on any atom is -0.368 e. The van der Waals surface area contributed by atoms with Crippen molar-refractivity contribution in [1.82, 2.24) is 0 Å². The largest absolute Gasteiger partial charge is 0.416 e. The van der Waals surface area contributed by atoms with Crippen LogP contribution in [-0.2, 0) is 16.0 Å². The molecule has 1 aliphatic rings. The Morgan fingerprint density at radius 3 is 2.19 bits per heavy atom. The molecule has 0 spiro atoms. The molecule has 8 heteroatoms. The number of hydrogen-bond donors (Lipinski definition) is 0. The van der Waals surface area contributed by atoms with Gasteiger partial charge in [0, 0.05) is 31.9 Å². The maximum absolute atomic E-state index is 12.9. The number of piperazine rings is 1. The van der Waals surface area contributed by atoms with Gasteiger partial charge in [0.15, 0.2) is 9.84 Å². The van der Waals surface area contributed by atoms with Crippen molar-refractivity contribution in [2.45, 2.75) is 18.0 Å². The lowest BCUT2D eigenvalue weighted by Gasteiger charge is -2.38. The van der Waals surface area contributed by atoms with E-state index in [-0.39, 0.29) is 5.75 Å². The highest BCUT2D eigenvalue weighted by atomic mass is 32.2. The highest BCUT2D eigenvalue weighted by Crippen LogP contribution is 2.32. The van der Waals surface area contributed by atoms with Crippen LogP contribution in [0.4, 0.5) is 24.5 Å². The number of para-hydroxylation sites is 1. The van der Waals surface area contributed by atoms with Crippen LogP contribution in [0.15, 0.2) is 53.4 Å². The molecule has 2 aromatic rings. The molecule has 146 valence electrons. The summed E-state index contributed by atoms with van der Waals surface area (Å²) in [5.41, 5.74) is 0.517. The van der Waals surface area contributed by atoms with E-state index in [0.29, 0.717) is 42.4 Å². The number of rotatable bonds is 4. The van der Waals surface area contributed by atoms with Gasteiger partial charge >= 0.3 is 6.18 Å². The molecule has 0 radical (unpaired) electrons. The van der Waals surface area contributed by atoms with Crippen molar-refractivity contribution in [2.75, 3.05) is 41.7 Å². The molecule has 0 aliphatic carbocycles.